The molecular weight excluding hydrogens is 382 g/mol. The van der Waals surface area contributed by atoms with Gasteiger partial charge >= 0.3 is 5.97 Å². The van der Waals surface area contributed by atoms with Crippen LogP contribution in [-0.2, 0) is 14.4 Å². The second kappa shape index (κ2) is 7.00. The lowest BCUT2D eigenvalue weighted by molar-refractivity contribution is -0.184. The van der Waals surface area contributed by atoms with Crippen LogP contribution in [0.5, 0.6) is 0 Å². The van der Waals surface area contributed by atoms with E-state index >= 15 is 0 Å². The van der Waals surface area contributed by atoms with E-state index in [9.17, 15) is 19.5 Å². The maximum absolute atomic E-state index is 13.8. The van der Waals surface area contributed by atoms with Gasteiger partial charge in [0.2, 0.25) is 11.8 Å². The van der Waals surface area contributed by atoms with E-state index in [1.165, 1.54) is 4.90 Å². The number of hydrogen-bond donors (Lipinski definition) is 1. The van der Waals surface area contributed by atoms with E-state index in [4.69, 9.17) is 0 Å². The van der Waals surface area contributed by atoms with Crippen LogP contribution in [0.15, 0.2) is 48.8 Å². The number of aromatic nitrogens is 2. The topological polar surface area (TPSA) is 100 Å². The normalized spacial score (nSPS) is 31.1. The van der Waals surface area contributed by atoms with Crippen LogP contribution in [0.4, 0.5) is 0 Å². The van der Waals surface area contributed by atoms with Crippen molar-refractivity contribution in [1.29, 1.82) is 0 Å². The molecule has 2 aromatic heterocycles. The number of carboxylic acid groups (broad SMARTS) is 1. The molecule has 1 aliphatic carbocycles. The lowest BCUT2D eigenvalue weighted by Gasteiger charge is -2.55. The van der Waals surface area contributed by atoms with Crippen molar-refractivity contribution in [3.05, 3.63) is 60.2 Å². The smallest absolute Gasteiger partial charge is 0.309 e. The molecule has 7 heteroatoms. The summed E-state index contributed by atoms with van der Waals surface area (Å²) in [5, 5.41) is 9.80. The average molecular weight is 407 g/mol. The Labute approximate surface area is 175 Å². The number of aliphatic carboxylic acids is 1. The van der Waals surface area contributed by atoms with Crippen LogP contribution < -0.4 is 0 Å². The van der Waals surface area contributed by atoms with E-state index in [0.717, 1.165) is 0 Å². The number of carboxylic acids is 1. The zero-order valence-corrected chi connectivity index (χ0v) is 17.3. The quantitative estimate of drug-likeness (QED) is 0.782. The van der Waals surface area contributed by atoms with Gasteiger partial charge in [0.15, 0.2) is 0 Å². The molecule has 3 heterocycles. The van der Waals surface area contributed by atoms with Gasteiger partial charge < -0.3 is 5.11 Å². The summed E-state index contributed by atoms with van der Waals surface area (Å²) in [5.41, 5.74) is -0.981. The van der Waals surface area contributed by atoms with Gasteiger partial charge in [-0.2, -0.15) is 0 Å². The molecule has 156 valence electrons. The molecule has 1 saturated heterocycles. The van der Waals surface area contributed by atoms with E-state index in [2.05, 4.69) is 9.97 Å². The highest BCUT2D eigenvalue weighted by atomic mass is 16.4. The summed E-state index contributed by atoms with van der Waals surface area (Å²) in [5.74, 6) is -2.47. The zero-order chi connectivity index (χ0) is 21.7. The number of likely N-dealkylation sites (tertiary alicyclic amines) is 1. The Balaban J connectivity index is 1.85. The molecule has 1 saturated carbocycles. The molecule has 2 bridgehead atoms. The molecule has 1 N–H and O–H groups in total. The summed E-state index contributed by atoms with van der Waals surface area (Å²) in [7, 11) is 0. The molecule has 0 spiro atoms. The molecular formula is C23H25N3O4. The van der Waals surface area contributed by atoms with Gasteiger partial charge in [0, 0.05) is 18.3 Å². The number of hydrogen-bond acceptors (Lipinski definition) is 5. The molecule has 4 unspecified atom stereocenters. The molecule has 4 atom stereocenters. The van der Waals surface area contributed by atoms with Crippen LogP contribution in [0.1, 0.15) is 51.0 Å². The summed E-state index contributed by atoms with van der Waals surface area (Å²) in [6, 6.07) is 9.96. The Morgan fingerprint density at radius 2 is 1.67 bits per heavy atom. The van der Waals surface area contributed by atoms with Crippen molar-refractivity contribution in [3.63, 3.8) is 0 Å². The SMILES string of the molecule is CC1C2CC(C)(C(=O)O)CC1(C)C(=O)N(C(c1ccccn1)c1ccccn1)C2=O. The van der Waals surface area contributed by atoms with Crippen molar-refractivity contribution < 1.29 is 19.5 Å². The van der Waals surface area contributed by atoms with E-state index in [1.54, 1.807) is 50.5 Å². The number of pyridine rings is 2. The third-order valence-corrected chi connectivity index (χ3v) is 7.01. The van der Waals surface area contributed by atoms with Gasteiger partial charge in [-0.1, -0.05) is 26.0 Å². The molecule has 2 fully saturated rings. The van der Waals surface area contributed by atoms with Gasteiger partial charge in [0.25, 0.3) is 0 Å². The van der Waals surface area contributed by atoms with Crippen LogP contribution in [0.2, 0.25) is 0 Å². The third kappa shape index (κ3) is 2.91. The van der Waals surface area contributed by atoms with Crippen LogP contribution in [0.25, 0.3) is 0 Å². The molecule has 2 amide bonds. The maximum Gasteiger partial charge on any atom is 0.309 e. The minimum absolute atomic E-state index is 0.187. The first kappa shape index (κ1) is 20.2. The van der Waals surface area contributed by atoms with E-state index in [-0.39, 0.29) is 30.6 Å². The predicted octanol–water partition coefficient (Wildman–Crippen LogP) is 3.08. The standard InChI is InChI=1S/C23H25N3O4/c1-14-15-12-22(2,21(29)30)13-23(14,3)20(28)26(19(15)27)18(16-8-4-6-10-24-16)17-9-5-7-11-25-17/h4-11,14-15,18H,12-13H2,1-3H3,(H,29,30). The number of amides is 2. The molecule has 30 heavy (non-hydrogen) atoms. The van der Waals surface area contributed by atoms with Crippen LogP contribution >= 0.6 is 0 Å². The number of imide groups is 1. The van der Waals surface area contributed by atoms with Crippen molar-refractivity contribution in [2.45, 2.75) is 39.7 Å². The number of carbonyl (C=O) groups excluding carboxylic acids is 2. The molecule has 1 aliphatic heterocycles. The Bertz CT molecular complexity index is 957. The largest absolute Gasteiger partial charge is 0.481 e. The number of rotatable bonds is 4. The van der Waals surface area contributed by atoms with Crippen molar-refractivity contribution in [2.24, 2.45) is 22.7 Å². The maximum atomic E-state index is 13.8. The highest BCUT2D eigenvalue weighted by Crippen LogP contribution is 2.57. The first-order valence-corrected chi connectivity index (χ1v) is 10.1. The van der Waals surface area contributed by atoms with Crippen molar-refractivity contribution >= 4 is 17.8 Å². The molecule has 7 nitrogen and oxygen atoms in total. The Morgan fingerprint density at radius 1 is 1.10 bits per heavy atom. The van der Waals surface area contributed by atoms with Crippen molar-refractivity contribution in [2.75, 3.05) is 0 Å². The van der Waals surface area contributed by atoms with Gasteiger partial charge in [-0.05, 0) is 49.9 Å². The lowest BCUT2D eigenvalue weighted by atomic mass is 9.52. The monoisotopic (exact) mass is 407 g/mol. The summed E-state index contributed by atoms with van der Waals surface area (Å²) in [6.45, 7) is 5.31. The number of carbonyl (C=O) groups is 3. The Kier molecular flexibility index (Phi) is 4.71. The summed E-state index contributed by atoms with van der Waals surface area (Å²) in [6.07, 6.45) is 3.64. The molecule has 0 radical (unpaired) electrons. The van der Waals surface area contributed by atoms with Crippen LogP contribution in [0, 0.1) is 22.7 Å². The van der Waals surface area contributed by atoms with E-state index in [1.807, 2.05) is 19.1 Å². The van der Waals surface area contributed by atoms with Gasteiger partial charge in [-0.15, -0.1) is 0 Å². The number of nitrogens with zero attached hydrogens (tertiary/aromatic N) is 3. The average Bonchev–Trinajstić information content (AvgIpc) is 2.74. The first-order valence-electron chi connectivity index (χ1n) is 10.1. The summed E-state index contributed by atoms with van der Waals surface area (Å²) >= 11 is 0. The van der Waals surface area contributed by atoms with Gasteiger partial charge in [-0.25, -0.2) is 0 Å². The second-order valence-corrected chi connectivity index (χ2v) is 8.98. The van der Waals surface area contributed by atoms with Gasteiger partial charge in [0.05, 0.1) is 22.2 Å². The van der Waals surface area contributed by atoms with Gasteiger partial charge in [0.1, 0.15) is 6.04 Å². The summed E-state index contributed by atoms with van der Waals surface area (Å²) < 4.78 is 0. The minimum atomic E-state index is -1.12. The third-order valence-electron chi connectivity index (χ3n) is 7.01. The van der Waals surface area contributed by atoms with E-state index in [0.29, 0.717) is 11.4 Å². The Morgan fingerprint density at radius 3 is 2.13 bits per heavy atom. The fourth-order valence-electron chi connectivity index (χ4n) is 5.17. The molecule has 4 rings (SSSR count). The van der Waals surface area contributed by atoms with Gasteiger partial charge in [-0.3, -0.25) is 29.3 Å². The fourth-order valence-corrected chi connectivity index (χ4v) is 5.17. The lowest BCUT2D eigenvalue weighted by Crippen LogP contribution is -2.64. The zero-order valence-electron chi connectivity index (χ0n) is 17.3. The molecule has 0 aromatic carbocycles. The highest BCUT2D eigenvalue weighted by Gasteiger charge is 2.63. The second-order valence-electron chi connectivity index (χ2n) is 8.98. The van der Waals surface area contributed by atoms with Crippen LogP contribution in [0.3, 0.4) is 0 Å². The first-order chi connectivity index (χ1) is 14.2. The van der Waals surface area contributed by atoms with Crippen molar-refractivity contribution in [1.82, 2.24) is 14.9 Å². The Hall–Kier alpha value is -3.09. The summed E-state index contributed by atoms with van der Waals surface area (Å²) in [4.78, 5) is 49.6. The molecule has 2 aromatic rings. The predicted molar refractivity (Wildman–Crippen MR) is 108 cm³/mol. The molecule has 2 aliphatic rings. The van der Waals surface area contributed by atoms with Crippen LogP contribution in [-0.4, -0.2) is 37.8 Å². The number of fused-ring (bicyclic) bond motifs is 2. The number of piperidine rings is 1. The van der Waals surface area contributed by atoms with E-state index < -0.39 is 28.8 Å². The highest BCUT2D eigenvalue weighted by molar-refractivity contribution is 6.04. The van der Waals surface area contributed by atoms with Crippen molar-refractivity contribution in [3.8, 4) is 0 Å². The fraction of sp³-hybridized carbons (Fsp3) is 0.435. The minimum Gasteiger partial charge on any atom is -0.481 e.